The largest absolute Gasteiger partial charge is 0.319 e. The van der Waals surface area contributed by atoms with Gasteiger partial charge in [0.25, 0.3) is 0 Å². The van der Waals surface area contributed by atoms with E-state index in [4.69, 9.17) is 5.73 Å². The van der Waals surface area contributed by atoms with Gasteiger partial charge in [0, 0.05) is 15.7 Å². The summed E-state index contributed by atoms with van der Waals surface area (Å²) in [5.74, 6) is -0.313. The zero-order chi connectivity index (χ0) is 13.3. The first kappa shape index (κ1) is 13.2. The monoisotopic (exact) mass is 308 g/mol. The molecule has 0 bridgehead atoms. The maximum Gasteiger partial charge on any atom is 0.128 e. The summed E-state index contributed by atoms with van der Waals surface area (Å²) in [6.07, 6.45) is 0. The molecule has 0 aliphatic rings. The summed E-state index contributed by atoms with van der Waals surface area (Å²) < 4.78 is 14.6. The summed E-state index contributed by atoms with van der Waals surface area (Å²) in [5.41, 5.74) is 9.19. The van der Waals surface area contributed by atoms with E-state index in [-0.39, 0.29) is 5.82 Å². The van der Waals surface area contributed by atoms with Gasteiger partial charge in [-0.25, -0.2) is 4.39 Å². The van der Waals surface area contributed by atoms with Crippen LogP contribution in [0.25, 0.3) is 0 Å². The molecule has 1 atom stereocenters. The van der Waals surface area contributed by atoms with Crippen molar-refractivity contribution in [1.82, 2.24) is 4.98 Å². The van der Waals surface area contributed by atoms with Crippen molar-refractivity contribution < 1.29 is 4.39 Å². The Hall–Kier alpha value is -1.26. The number of nitrogens with zero attached hydrogens (tertiary/aromatic N) is 1. The van der Waals surface area contributed by atoms with Crippen molar-refractivity contribution in [3.8, 4) is 0 Å². The molecule has 1 aromatic heterocycles. The Bertz CT molecular complexity index is 564. The van der Waals surface area contributed by atoms with Crippen LogP contribution in [0.15, 0.2) is 34.8 Å². The summed E-state index contributed by atoms with van der Waals surface area (Å²) in [4.78, 5) is 4.37. The Morgan fingerprint density at radius 2 is 1.94 bits per heavy atom. The Morgan fingerprint density at radius 1 is 1.22 bits per heavy atom. The third-order valence-corrected chi connectivity index (χ3v) is 3.22. The van der Waals surface area contributed by atoms with E-state index >= 15 is 0 Å². The average molecular weight is 309 g/mol. The molecule has 2 N–H and O–H groups in total. The summed E-state index contributed by atoms with van der Waals surface area (Å²) in [7, 11) is 0. The van der Waals surface area contributed by atoms with E-state index in [0.29, 0.717) is 11.3 Å². The molecule has 0 amide bonds. The number of aromatic nitrogens is 1. The van der Waals surface area contributed by atoms with Crippen LogP contribution < -0.4 is 5.73 Å². The van der Waals surface area contributed by atoms with Crippen molar-refractivity contribution in [3.05, 3.63) is 63.1 Å². The lowest BCUT2D eigenvalue weighted by Crippen LogP contribution is -2.16. The Labute approximate surface area is 114 Å². The highest BCUT2D eigenvalue weighted by molar-refractivity contribution is 9.10. The number of hydrogen-bond acceptors (Lipinski definition) is 2. The van der Waals surface area contributed by atoms with Gasteiger partial charge in [0.1, 0.15) is 5.82 Å². The number of halogens is 2. The number of rotatable bonds is 2. The topological polar surface area (TPSA) is 38.9 Å². The zero-order valence-electron chi connectivity index (χ0n) is 10.2. The highest BCUT2D eigenvalue weighted by Gasteiger charge is 2.15. The van der Waals surface area contributed by atoms with Crippen molar-refractivity contribution >= 4 is 15.9 Å². The van der Waals surface area contributed by atoms with Crippen molar-refractivity contribution in [2.24, 2.45) is 5.73 Å². The maximum absolute atomic E-state index is 13.8. The molecule has 0 saturated carbocycles. The van der Waals surface area contributed by atoms with Crippen LogP contribution in [0.5, 0.6) is 0 Å². The smallest absolute Gasteiger partial charge is 0.128 e. The molecule has 2 aromatic rings. The van der Waals surface area contributed by atoms with Gasteiger partial charge in [-0.15, -0.1) is 0 Å². The first-order valence-electron chi connectivity index (χ1n) is 5.63. The maximum atomic E-state index is 13.8. The Balaban J connectivity index is 2.47. The molecule has 18 heavy (non-hydrogen) atoms. The van der Waals surface area contributed by atoms with Crippen LogP contribution in [-0.4, -0.2) is 4.98 Å². The van der Waals surface area contributed by atoms with E-state index in [2.05, 4.69) is 20.9 Å². The SMILES string of the molecule is Cc1cc(C)nc(C(N)c2cc(Br)ccc2F)c1. The van der Waals surface area contributed by atoms with Crippen LogP contribution in [0.4, 0.5) is 4.39 Å². The van der Waals surface area contributed by atoms with Gasteiger partial charge in [0.15, 0.2) is 0 Å². The number of nitrogens with two attached hydrogens (primary N) is 1. The van der Waals surface area contributed by atoms with E-state index in [1.807, 2.05) is 26.0 Å². The first-order chi connectivity index (χ1) is 8.47. The van der Waals surface area contributed by atoms with Gasteiger partial charge in [0.2, 0.25) is 0 Å². The molecular formula is C14H14BrFN2. The second kappa shape index (κ2) is 5.16. The van der Waals surface area contributed by atoms with Crippen molar-refractivity contribution in [1.29, 1.82) is 0 Å². The second-order valence-corrected chi connectivity index (χ2v) is 5.27. The van der Waals surface area contributed by atoms with Gasteiger partial charge in [-0.1, -0.05) is 15.9 Å². The highest BCUT2D eigenvalue weighted by Crippen LogP contribution is 2.25. The minimum Gasteiger partial charge on any atom is -0.319 e. The van der Waals surface area contributed by atoms with Gasteiger partial charge in [0.05, 0.1) is 11.7 Å². The first-order valence-corrected chi connectivity index (χ1v) is 6.42. The lowest BCUT2D eigenvalue weighted by molar-refractivity contribution is 0.596. The van der Waals surface area contributed by atoms with Gasteiger partial charge in [-0.2, -0.15) is 0 Å². The highest BCUT2D eigenvalue weighted by atomic mass is 79.9. The third kappa shape index (κ3) is 2.76. The summed E-state index contributed by atoms with van der Waals surface area (Å²) in [6, 6.07) is 8.05. The van der Waals surface area contributed by atoms with Crippen LogP contribution in [-0.2, 0) is 0 Å². The lowest BCUT2D eigenvalue weighted by Gasteiger charge is -2.14. The molecule has 0 radical (unpaired) electrons. The molecule has 94 valence electrons. The number of benzene rings is 1. The standard InChI is InChI=1S/C14H14BrFN2/c1-8-5-9(2)18-13(6-8)14(17)11-7-10(15)3-4-12(11)16/h3-7,14H,17H2,1-2H3. The van der Waals surface area contributed by atoms with E-state index in [0.717, 1.165) is 15.7 Å². The van der Waals surface area contributed by atoms with Gasteiger partial charge < -0.3 is 5.73 Å². The molecule has 1 aromatic carbocycles. The number of hydrogen-bond donors (Lipinski definition) is 1. The minimum atomic E-state index is -0.555. The number of pyridine rings is 1. The minimum absolute atomic E-state index is 0.313. The molecule has 0 aliphatic heterocycles. The predicted molar refractivity (Wildman–Crippen MR) is 73.8 cm³/mol. The molecule has 2 nitrogen and oxygen atoms in total. The fourth-order valence-corrected chi connectivity index (χ4v) is 2.32. The molecule has 0 fully saturated rings. The Kier molecular flexibility index (Phi) is 3.78. The number of aryl methyl sites for hydroxylation is 2. The normalized spacial score (nSPS) is 12.5. The zero-order valence-corrected chi connectivity index (χ0v) is 11.8. The molecule has 2 rings (SSSR count). The average Bonchev–Trinajstić information content (AvgIpc) is 2.30. The van der Waals surface area contributed by atoms with Gasteiger partial charge >= 0.3 is 0 Å². The van der Waals surface area contributed by atoms with Crippen LogP contribution in [0.3, 0.4) is 0 Å². The van der Waals surface area contributed by atoms with Crippen LogP contribution >= 0.6 is 15.9 Å². The summed E-state index contributed by atoms with van der Waals surface area (Å²) in [6.45, 7) is 3.88. The molecule has 0 spiro atoms. The Morgan fingerprint density at radius 3 is 2.61 bits per heavy atom. The summed E-state index contributed by atoms with van der Waals surface area (Å²) >= 11 is 3.32. The predicted octanol–water partition coefficient (Wildman–Crippen LogP) is 3.65. The van der Waals surface area contributed by atoms with E-state index in [1.54, 1.807) is 12.1 Å². The van der Waals surface area contributed by atoms with Crippen LogP contribution in [0, 0.1) is 19.7 Å². The van der Waals surface area contributed by atoms with E-state index in [9.17, 15) is 4.39 Å². The van der Waals surface area contributed by atoms with Crippen LogP contribution in [0.2, 0.25) is 0 Å². The fraction of sp³-hybridized carbons (Fsp3) is 0.214. The molecular weight excluding hydrogens is 295 g/mol. The van der Waals surface area contributed by atoms with E-state index < -0.39 is 6.04 Å². The quantitative estimate of drug-likeness (QED) is 0.919. The van der Waals surface area contributed by atoms with E-state index in [1.165, 1.54) is 6.07 Å². The lowest BCUT2D eigenvalue weighted by atomic mass is 10.0. The van der Waals surface area contributed by atoms with Crippen molar-refractivity contribution in [3.63, 3.8) is 0 Å². The fourth-order valence-electron chi connectivity index (χ4n) is 1.94. The molecule has 1 heterocycles. The summed E-state index contributed by atoms with van der Waals surface area (Å²) in [5, 5.41) is 0. The second-order valence-electron chi connectivity index (χ2n) is 4.35. The molecule has 0 aliphatic carbocycles. The van der Waals surface area contributed by atoms with Crippen molar-refractivity contribution in [2.45, 2.75) is 19.9 Å². The third-order valence-electron chi connectivity index (χ3n) is 2.73. The molecule has 0 saturated heterocycles. The van der Waals surface area contributed by atoms with Gasteiger partial charge in [-0.3, -0.25) is 4.98 Å². The molecule has 1 unspecified atom stereocenters. The van der Waals surface area contributed by atoms with Crippen molar-refractivity contribution in [2.75, 3.05) is 0 Å². The van der Waals surface area contributed by atoms with Crippen LogP contribution in [0.1, 0.15) is 28.6 Å². The van der Waals surface area contributed by atoms with Gasteiger partial charge in [-0.05, 0) is 49.7 Å². The molecule has 4 heteroatoms.